The van der Waals surface area contributed by atoms with E-state index < -0.39 is 29.0 Å². The molecule has 0 saturated carbocycles. The summed E-state index contributed by atoms with van der Waals surface area (Å²) in [7, 11) is 0. The van der Waals surface area contributed by atoms with Crippen LogP contribution in [0.1, 0.15) is 29.3 Å². The van der Waals surface area contributed by atoms with Crippen LogP contribution >= 0.6 is 11.6 Å². The monoisotopic (exact) mass is 311 g/mol. The van der Waals surface area contributed by atoms with Crippen LogP contribution in [0, 0.1) is 5.82 Å². The van der Waals surface area contributed by atoms with E-state index in [0.29, 0.717) is 18.4 Å². The van der Waals surface area contributed by atoms with Crippen molar-refractivity contribution in [3.05, 3.63) is 35.1 Å². The van der Waals surface area contributed by atoms with Gasteiger partial charge in [0, 0.05) is 19.0 Å². The normalized spacial score (nSPS) is 11.5. The first-order chi connectivity index (χ1) is 9.32. The van der Waals surface area contributed by atoms with Gasteiger partial charge in [-0.15, -0.1) is 11.6 Å². The molecule has 0 aliphatic heterocycles. The van der Waals surface area contributed by atoms with Crippen molar-refractivity contribution in [1.82, 2.24) is 4.90 Å². The second-order valence-corrected chi connectivity index (χ2v) is 4.47. The number of hydrogen-bond acceptors (Lipinski definition) is 1. The molecule has 0 bridgehead atoms. The fourth-order valence-corrected chi connectivity index (χ4v) is 1.86. The molecule has 2 nitrogen and oxygen atoms in total. The minimum absolute atomic E-state index is 0.269. The fourth-order valence-electron chi connectivity index (χ4n) is 1.74. The molecule has 7 heteroatoms. The lowest BCUT2D eigenvalue weighted by atomic mass is 10.1. The number of benzene rings is 1. The van der Waals surface area contributed by atoms with Crippen LogP contribution in [0.2, 0.25) is 0 Å². The Kier molecular flexibility index (Phi) is 5.80. The summed E-state index contributed by atoms with van der Waals surface area (Å²) in [6.07, 6.45) is -4.34. The van der Waals surface area contributed by atoms with Crippen molar-refractivity contribution >= 4 is 17.5 Å². The van der Waals surface area contributed by atoms with Crippen molar-refractivity contribution in [3.8, 4) is 0 Å². The number of carbonyl (C=O) groups is 1. The summed E-state index contributed by atoms with van der Waals surface area (Å²) >= 11 is 5.51. The lowest BCUT2D eigenvalue weighted by Gasteiger charge is -2.21. The molecule has 20 heavy (non-hydrogen) atoms. The number of hydrogen-bond donors (Lipinski definition) is 0. The highest BCUT2D eigenvalue weighted by Gasteiger charge is 2.36. The van der Waals surface area contributed by atoms with E-state index in [1.165, 1.54) is 4.90 Å². The van der Waals surface area contributed by atoms with E-state index in [2.05, 4.69) is 0 Å². The highest BCUT2D eigenvalue weighted by molar-refractivity contribution is 6.17. The van der Waals surface area contributed by atoms with Gasteiger partial charge in [0.15, 0.2) is 0 Å². The number of amides is 1. The summed E-state index contributed by atoms with van der Waals surface area (Å²) in [5.41, 5.74) is -2.01. The van der Waals surface area contributed by atoms with Gasteiger partial charge in [-0.25, -0.2) is 4.39 Å². The molecule has 0 spiro atoms. The smallest absolute Gasteiger partial charge is 0.339 e. The first-order valence-corrected chi connectivity index (χ1v) is 6.57. The van der Waals surface area contributed by atoms with Crippen LogP contribution in [0.4, 0.5) is 17.6 Å². The van der Waals surface area contributed by atoms with E-state index >= 15 is 0 Å². The Balaban J connectivity index is 3.10. The third-order valence-electron chi connectivity index (χ3n) is 2.77. The summed E-state index contributed by atoms with van der Waals surface area (Å²) in [6.45, 7) is 2.21. The molecule has 0 unspecified atom stereocenters. The maximum absolute atomic E-state index is 13.8. The number of rotatable bonds is 5. The van der Waals surface area contributed by atoms with Crippen LogP contribution in [0.25, 0.3) is 0 Å². The van der Waals surface area contributed by atoms with Gasteiger partial charge in [-0.1, -0.05) is 6.07 Å². The molecular formula is C13H14ClF4NO. The molecule has 0 saturated heterocycles. The van der Waals surface area contributed by atoms with Gasteiger partial charge in [0.25, 0.3) is 5.91 Å². The van der Waals surface area contributed by atoms with Crippen LogP contribution in [-0.2, 0) is 6.18 Å². The highest BCUT2D eigenvalue weighted by atomic mass is 35.5. The van der Waals surface area contributed by atoms with Crippen LogP contribution in [0.3, 0.4) is 0 Å². The van der Waals surface area contributed by atoms with Gasteiger partial charge in [-0.3, -0.25) is 4.79 Å². The summed E-state index contributed by atoms with van der Waals surface area (Å²) in [4.78, 5) is 13.3. The second-order valence-electron chi connectivity index (χ2n) is 4.09. The Bertz CT molecular complexity index is 476. The van der Waals surface area contributed by atoms with Gasteiger partial charge in [-0.2, -0.15) is 13.2 Å². The zero-order valence-corrected chi connectivity index (χ0v) is 11.6. The van der Waals surface area contributed by atoms with E-state index in [4.69, 9.17) is 11.6 Å². The number of nitrogens with zero attached hydrogens (tertiary/aromatic N) is 1. The zero-order chi connectivity index (χ0) is 15.3. The van der Waals surface area contributed by atoms with Gasteiger partial charge in [-0.05, 0) is 25.5 Å². The Labute approximate surface area is 119 Å². The fraction of sp³-hybridized carbons (Fsp3) is 0.462. The first kappa shape index (κ1) is 16.8. The molecule has 112 valence electrons. The standard InChI is InChI=1S/C13H14ClF4NO/c1-2-19(8-4-7-14)12(20)9-5-3-6-10(11(9)15)13(16,17)18/h3,5-6H,2,4,7-8H2,1H3. The summed E-state index contributed by atoms with van der Waals surface area (Å²) < 4.78 is 51.6. The third-order valence-corrected chi connectivity index (χ3v) is 3.03. The summed E-state index contributed by atoms with van der Waals surface area (Å²) in [5.74, 6) is -1.98. The van der Waals surface area contributed by atoms with Gasteiger partial charge in [0.05, 0.1) is 11.1 Å². The Morgan fingerprint density at radius 1 is 1.35 bits per heavy atom. The molecule has 0 aliphatic carbocycles. The Morgan fingerprint density at radius 3 is 2.50 bits per heavy atom. The van der Waals surface area contributed by atoms with Crippen molar-refractivity contribution in [2.45, 2.75) is 19.5 Å². The molecule has 0 fully saturated rings. The Morgan fingerprint density at radius 2 is 2.00 bits per heavy atom. The topological polar surface area (TPSA) is 20.3 Å². The molecule has 0 N–H and O–H groups in total. The van der Waals surface area contributed by atoms with Gasteiger partial charge in [0.1, 0.15) is 5.82 Å². The van der Waals surface area contributed by atoms with E-state index in [1.807, 2.05) is 0 Å². The lowest BCUT2D eigenvalue weighted by molar-refractivity contribution is -0.140. The molecule has 1 aromatic carbocycles. The minimum Gasteiger partial charge on any atom is -0.339 e. The molecule has 0 atom stereocenters. The van der Waals surface area contributed by atoms with Gasteiger partial charge in [0.2, 0.25) is 0 Å². The summed E-state index contributed by atoms with van der Waals surface area (Å²) in [5, 5.41) is 0. The Hall–Kier alpha value is -1.30. The maximum Gasteiger partial charge on any atom is 0.419 e. The van der Waals surface area contributed by atoms with E-state index in [-0.39, 0.29) is 13.1 Å². The van der Waals surface area contributed by atoms with E-state index in [1.54, 1.807) is 6.92 Å². The molecule has 1 aromatic rings. The third kappa shape index (κ3) is 3.85. The van der Waals surface area contributed by atoms with Crippen LogP contribution in [0.5, 0.6) is 0 Å². The predicted octanol–water partition coefficient (Wildman–Crippen LogP) is 3.94. The number of carbonyl (C=O) groups excluding carboxylic acids is 1. The molecule has 0 aliphatic rings. The lowest BCUT2D eigenvalue weighted by Crippen LogP contribution is -2.33. The zero-order valence-electron chi connectivity index (χ0n) is 10.8. The maximum atomic E-state index is 13.8. The summed E-state index contributed by atoms with van der Waals surface area (Å²) in [6, 6.07) is 2.69. The van der Waals surface area contributed by atoms with Gasteiger partial charge < -0.3 is 4.90 Å². The van der Waals surface area contributed by atoms with Crippen molar-refractivity contribution in [3.63, 3.8) is 0 Å². The van der Waals surface area contributed by atoms with E-state index in [9.17, 15) is 22.4 Å². The predicted molar refractivity (Wildman–Crippen MR) is 68.3 cm³/mol. The molecule has 1 rings (SSSR count). The average Bonchev–Trinajstić information content (AvgIpc) is 2.38. The minimum atomic E-state index is -4.83. The molecular weight excluding hydrogens is 298 g/mol. The SMILES string of the molecule is CCN(CCCCl)C(=O)c1cccc(C(F)(F)F)c1F. The molecule has 0 heterocycles. The molecule has 0 radical (unpaired) electrons. The quantitative estimate of drug-likeness (QED) is 0.596. The molecule has 0 aromatic heterocycles. The van der Waals surface area contributed by atoms with Crippen LogP contribution in [-0.4, -0.2) is 29.8 Å². The number of alkyl halides is 4. The van der Waals surface area contributed by atoms with E-state index in [0.717, 1.165) is 12.1 Å². The van der Waals surface area contributed by atoms with Crippen molar-refractivity contribution in [1.29, 1.82) is 0 Å². The highest BCUT2D eigenvalue weighted by Crippen LogP contribution is 2.32. The van der Waals surface area contributed by atoms with Crippen molar-refractivity contribution in [2.24, 2.45) is 0 Å². The van der Waals surface area contributed by atoms with Gasteiger partial charge >= 0.3 is 6.18 Å². The van der Waals surface area contributed by atoms with Crippen LogP contribution < -0.4 is 0 Å². The largest absolute Gasteiger partial charge is 0.419 e. The average molecular weight is 312 g/mol. The second kappa shape index (κ2) is 6.92. The van der Waals surface area contributed by atoms with Crippen molar-refractivity contribution in [2.75, 3.05) is 19.0 Å². The first-order valence-electron chi connectivity index (χ1n) is 6.03. The van der Waals surface area contributed by atoms with Crippen LogP contribution in [0.15, 0.2) is 18.2 Å². The van der Waals surface area contributed by atoms with Crippen molar-refractivity contribution < 1.29 is 22.4 Å². The molecule has 1 amide bonds. The number of halogens is 5.